The molecule has 0 aliphatic rings. The summed E-state index contributed by atoms with van der Waals surface area (Å²) in [6, 6.07) is 3.68. The van der Waals surface area contributed by atoms with Crippen molar-refractivity contribution in [1.82, 2.24) is 10.0 Å². The van der Waals surface area contributed by atoms with Gasteiger partial charge in [-0.1, -0.05) is 13.8 Å². The lowest BCUT2D eigenvalue weighted by atomic mass is 10.1. The summed E-state index contributed by atoms with van der Waals surface area (Å²) in [5.74, 6) is 0.186. The van der Waals surface area contributed by atoms with E-state index in [4.69, 9.17) is 4.84 Å². The molecule has 4 nitrogen and oxygen atoms in total. The first-order chi connectivity index (χ1) is 7.47. The van der Waals surface area contributed by atoms with Crippen LogP contribution in [0, 0.1) is 6.92 Å². The van der Waals surface area contributed by atoms with Gasteiger partial charge in [-0.15, -0.1) is 0 Å². The van der Waals surface area contributed by atoms with Crippen molar-refractivity contribution >= 4 is 5.91 Å². The zero-order valence-electron chi connectivity index (χ0n) is 10.4. The summed E-state index contributed by atoms with van der Waals surface area (Å²) in [6.45, 7) is 5.98. The third-order valence-electron chi connectivity index (χ3n) is 2.49. The molecular weight excluding hydrogens is 204 g/mol. The van der Waals surface area contributed by atoms with Crippen molar-refractivity contribution in [3.8, 4) is 0 Å². The molecule has 0 aliphatic heterocycles. The van der Waals surface area contributed by atoms with Crippen LogP contribution in [0.5, 0.6) is 0 Å². The summed E-state index contributed by atoms with van der Waals surface area (Å²) in [7, 11) is 3.04. The van der Waals surface area contributed by atoms with Gasteiger partial charge in [-0.25, -0.2) is 5.06 Å². The van der Waals surface area contributed by atoms with Gasteiger partial charge in [-0.3, -0.25) is 14.6 Å². The number of hydrogen-bond acceptors (Lipinski definition) is 3. The maximum Gasteiger partial charge on any atom is 0.278 e. The van der Waals surface area contributed by atoms with E-state index < -0.39 is 0 Å². The van der Waals surface area contributed by atoms with Gasteiger partial charge in [-0.05, 0) is 25.0 Å². The monoisotopic (exact) mass is 222 g/mol. The molecule has 16 heavy (non-hydrogen) atoms. The molecule has 0 unspecified atom stereocenters. The van der Waals surface area contributed by atoms with Crippen LogP contribution in [0.1, 0.15) is 41.5 Å². The van der Waals surface area contributed by atoms with Crippen LogP contribution in [0.15, 0.2) is 12.1 Å². The number of hydrogen-bond donors (Lipinski definition) is 0. The van der Waals surface area contributed by atoms with Crippen LogP contribution in [-0.2, 0) is 4.84 Å². The van der Waals surface area contributed by atoms with Gasteiger partial charge >= 0.3 is 0 Å². The Morgan fingerprint density at radius 3 is 2.50 bits per heavy atom. The lowest BCUT2D eigenvalue weighted by molar-refractivity contribution is -0.0757. The molecule has 1 heterocycles. The molecule has 0 bridgehead atoms. The lowest BCUT2D eigenvalue weighted by Gasteiger charge is -2.15. The van der Waals surface area contributed by atoms with Crippen LogP contribution in [0.25, 0.3) is 0 Å². The number of carbonyl (C=O) groups excluding carboxylic acids is 1. The van der Waals surface area contributed by atoms with Crippen molar-refractivity contribution in [3.63, 3.8) is 0 Å². The Kier molecular flexibility index (Phi) is 4.01. The molecule has 0 radical (unpaired) electrons. The molecule has 0 aliphatic carbocycles. The summed E-state index contributed by atoms with van der Waals surface area (Å²) in [5, 5.41) is 1.19. The zero-order valence-corrected chi connectivity index (χ0v) is 10.4. The van der Waals surface area contributed by atoms with Crippen molar-refractivity contribution in [2.45, 2.75) is 26.7 Å². The molecule has 0 saturated carbocycles. The lowest BCUT2D eigenvalue weighted by Crippen LogP contribution is -2.26. The van der Waals surface area contributed by atoms with E-state index in [2.05, 4.69) is 18.8 Å². The number of aromatic nitrogens is 1. The fourth-order valence-corrected chi connectivity index (χ4v) is 1.38. The second kappa shape index (κ2) is 5.07. The highest BCUT2D eigenvalue weighted by atomic mass is 16.7. The first-order valence-corrected chi connectivity index (χ1v) is 5.27. The number of carbonyl (C=O) groups is 1. The number of nitrogens with zero attached hydrogens (tertiary/aromatic N) is 2. The van der Waals surface area contributed by atoms with E-state index in [-0.39, 0.29) is 5.91 Å². The second-order valence-corrected chi connectivity index (χ2v) is 4.01. The van der Waals surface area contributed by atoms with Gasteiger partial charge in [0.25, 0.3) is 5.91 Å². The van der Waals surface area contributed by atoms with Crippen LogP contribution in [0.4, 0.5) is 0 Å². The molecule has 0 saturated heterocycles. The fraction of sp³-hybridized carbons (Fsp3) is 0.500. The highest BCUT2D eigenvalue weighted by molar-refractivity contribution is 5.94. The van der Waals surface area contributed by atoms with E-state index in [0.717, 1.165) is 11.4 Å². The Morgan fingerprint density at radius 2 is 2.06 bits per heavy atom. The van der Waals surface area contributed by atoms with Crippen LogP contribution in [-0.4, -0.2) is 30.1 Å². The van der Waals surface area contributed by atoms with E-state index in [0.29, 0.717) is 11.5 Å². The zero-order chi connectivity index (χ0) is 12.3. The molecule has 0 aromatic carbocycles. The Balaban J connectivity index is 3.04. The molecule has 1 rings (SSSR count). The molecule has 0 spiro atoms. The van der Waals surface area contributed by atoms with Crippen molar-refractivity contribution in [1.29, 1.82) is 0 Å². The summed E-state index contributed by atoms with van der Waals surface area (Å²) in [6.07, 6.45) is 0. The Labute approximate surface area is 96.2 Å². The maximum atomic E-state index is 11.8. The normalized spacial score (nSPS) is 10.6. The van der Waals surface area contributed by atoms with Crippen molar-refractivity contribution in [2.24, 2.45) is 0 Å². The third-order valence-corrected chi connectivity index (χ3v) is 2.49. The largest absolute Gasteiger partial charge is 0.278 e. The fourth-order valence-electron chi connectivity index (χ4n) is 1.38. The van der Waals surface area contributed by atoms with E-state index >= 15 is 0 Å². The van der Waals surface area contributed by atoms with Gasteiger partial charge in [0, 0.05) is 12.7 Å². The van der Waals surface area contributed by atoms with Gasteiger partial charge in [0.05, 0.1) is 18.4 Å². The highest BCUT2D eigenvalue weighted by Crippen LogP contribution is 2.15. The molecule has 1 aromatic heterocycles. The Hall–Kier alpha value is -1.42. The minimum atomic E-state index is -0.178. The molecule has 1 aromatic rings. The number of hydroxylamine groups is 2. The van der Waals surface area contributed by atoms with Gasteiger partial charge < -0.3 is 0 Å². The number of aryl methyl sites for hydroxylation is 1. The maximum absolute atomic E-state index is 11.8. The molecule has 0 atom stereocenters. The smallest absolute Gasteiger partial charge is 0.274 e. The quantitative estimate of drug-likeness (QED) is 0.736. The average molecular weight is 222 g/mol. The topological polar surface area (TPSA) is 42.4 Å². The average Bonchev–Trinajstić information content (AvgIpc) is 2.26. The predicted molar refractivity (Wildman–Crippen MR) is 62.2 cm³/mol. The number of rotatable bonds is 3. The van der Waals surface area contributed by atoms with Crippen LogP contribution >= 0.6 is 0 Å². The highest BCUT2D eigenvalue weighted by Gasteiger charge is 2.15. The van der Waals surface area contributed by atoms with Crippen LogP contribution < -0.4 is 0 Å². The van der Waals surface area contributed by atoms with Crippen molar-refractivity contribution < 1.29 is 9.63 Å². The van der Waals surface area contributed by atoms with Crippen LogP contribution in [0.3, 0.4) is 0 Å². The first kappa shape index (κ1) is 12.6. The molecule has 0 fully saturated rings. The molecule has 0 N–H and O–H groups in total. The second-order valence-electron chi connectivity index (χ2n) is 4.01. The molecule has 4 heteroatoms. The Bertz CT molecular complexity index is 389. The van der Waals surface area contributed by atoms with E-state index in [1.165, 1.54) is 12.2 Å². The summed E-state index contributed by atoms with van der Waals surface area (Å²) in [5.41, 5.74) is 2.31. The third kappa shape index (κ3) is 2.58. The van der Waals surface area contributed by atoms with Crippen molar-refractivity contribution in [3.05, 3.63) is 29.1 Å². The van der Waals surface area contributed by atoms with Gasteiger partial charge in [0.2, 0.25) is 0 Å². The summed E-state index contributed by atoms with van der Waals surface area (Å²) < 4.78 is 0. The SMILES string of the molecule is CON(C)C(=O)c1ccc(C(C)C)nc1C. The molecule has 1 amide bonds. The summed E-state index contributed by atoms with van der Waals surface area (Å²) in [4.78, 5) is 21.1. The minimum absolute atomic E-state index is 0.178. The first-order valence-electron chi connectivity index (χ1n) is 5.27. The standard InChI is InChI=1S/C12H18N2O2/c1-8(2)11-7-6-10(9(3)13-11)12(15)14(4)16-5/h6-8H,1-5H3. The van der Waals surface area contributed by atoms with Gasteiger partial charge in [0.1, 0.15) is 0 Å². The van der Waals surface area contributed by atoms with E-state index in [1.807, 2.05) is 13.0 Å². The van der Waals surface area contributed by atoms with Crippen LogP contribution in [0.2, 0.25) is 0 Å². The minimum Gasteiger partial charge on any atom is -0.274 e. The summed E-state index contributed by atoms with van der Waals surface area (Å²) >= 11 is 0. The molecule has 88 valence electrons. The van der Waals surface area contributed by atoms with Crippen molar-refractivity contribution in [2.75, 3.05) is 14.2 Å². The predicted octanol–water partition coefficient (Wildman–Crippen LogP) is 2.15. The van der Waals surface area contributed by atoms with E-state index in [1.54, 1.807) is 13.1 Å². The number of amides is 1. The van der Waals surface area contributed by atoms with E-state index in [9.17, 15) is 4.79 Å². The van der Waals surface area contributed by atoms with Gasteiger partial charge in [0.15, 0.2) is 0 Å². The number of pyridine rings is 1. The molecular formula is C12H18N2O2. The Morgan fingerprint density at radius 1 is 1.44 bits per heavy atom. The van der Waals surface area contributed by atoms with Gasteiger partial charge in [-0.2, -0.15) is 0 Å².